The lowest BCUT2D eigenvalue weighted by molar-refractivity contribution is -0.122. The van der Waals surface area contributed by atoms with E-state index in [-0.39, 0.29) is 12.4 Å². The molecule has 0 aliphatic rings. The number of hydrogen-bond donors (Lipinski definition) is 4. The lowest BCUT2D eigenvalue weighted by Crippen LogP contribution is -2.20. The number of carbonyl (C=O) groups is 1. The molecular weight excluding hydrogens is 180 g/mol. The van der Waals surface area contributed by atoms with Gasteiger partial charge in [-0.3, -0.25) is 10.2 Å². The van der Waals surface area contributed by atoms with Crippen molar-refractivity contribution in [1.82, 2.24) is 4.98 Å². The molecule has 1 aromatic heterocycles. The van der Waals surface area contributed by atoms with Crippen LogP contribution in [-0.4, -0.2) is 22.5 Å². The second kappa shape index (κ2) is 6.10. The van der Waals surface area contributed by atoms with Crippen molar-refractivity contribution < 1.29 is 9.90 Å². The topological polar surface area (TPSA) is 112 Å². The first-order chi connectivity index (χ1) is 5.70. The van der Waals surface area contributed by atoms with Crippen LogP contribution >= 0.6 is 11.3 Å². The maximum absolute atomic E-state index is 8.36. The standard InChI is InChI=1S/C4H6N4S.CH2O2/c5-3(6)8-4-7-1-2-9-4;2-1-3/h1-2H,(H4,5,6,7,8);1H,(H,2,3). The number of nitrogens with zero attached hydrogens (tertiary/aromatic N) is 1. The molecule has 0 radical (unpaired) electrons. The van der Waals surface area contributed by atoms with E-state index in [1.165, 1.54) is 11.3 Å². The van der Waals surface area contributed by atoms with E-state index in [4.69, 9.17) is 21.0 Å². The van der Waals surface area contributed by atoms with Crippen LogP contribution in [0.3, 0.4) is 0 Å². The monoisotopic (exact) mass is 188 g/mol. The van der Waals surface area contributed by atoms with E-state index >= 15 is 0 Å². The Morgan fingerprint density at radius 1 is 1.92 bits per heavy atom. The number of carboxylic acid groups (broad SMARTS) is 1. The Bertz CT molecular complexity index is 236. The molecule has 1 heterocycles. The minimum Gasteiger partial charge on any atom is -0.483 e. The summed E-state index contributed by atoms with van der Waals surface area (Å²) in [5, 5.41) is 18.7. The summed E-state index contributed by atoms with van der Waals surface area (Å²) < 4.78 is 0. The molecule has 0 unspecified atom stereocenters. The summed E-state index contributed by atoms with van der Waals surface area (Å²) in [6.45, 7) is -0.250. The Morgan fingerprint density at radius 3 is 2.83 bits per heavy atom. The summed E-state index contributed by atoms with van der Waals surface area (Å²) in [4.78, 5) is 12.2. The van der Waals surface area contributed by atoms with Crippen LogP contribution in [0.1, 0.15) is 0 Å². The molecule has 1 aromatic rings. The van der Waals surface area contributed by atoms with Crippen molar-refractivity contribution in [3.8, 4) is 0 Å². The van der Waals surface area contributed by atoms with Gasteiger partial charge in [0.05, 0.1) is 0 Å². The molecule has 0 spiro atoms. The van der Waals surface area contributed by atoms with Gasteiger partial charge in [0.15, 0.2) is 11.1 Å². The van der Waals surface area contributed by atoms with Crippen molar-refractivity contribution in [1.29, 1.82) is 5.41 Å². The van der Waals surface area contributed by atoms with Gasteiger partial charge in [-0.25, -0.2) is 4.98 Å². The van der Waals surface area contributed by atoms with Gasteiger partial charge in [-0.2, -0.15) is 0 Å². The number of anilines is 1. The quantitative estimate of drug-likeness (QED) is 0.284. The molecule has 0 bridgehead atoms. The second-order valence-corrected chi connectivity index (χ2v) is 2.38. The first-order valence-electron chi connectivity index (χ1n) is 2.79. The van der Waals surface area contributed by atoms with E-state index in [0.29, 0.717) is 5.13 Å². The zero-order chi connectivity index (χ0) is 9.40. The molecule has 0 aliphatic heterocycles. The number of nitrogens with two attached hydrogens (primary N) is 1. The zero-order valence-electron chi connectivity index (χ0n) is 6.02. The van der Waals surface area contributed by atoms with E-state index in [1.807, 2.05) is 5.38 Å². The number of rotatable bonds is 1. The molecule has 0 fully saturated rings. The first-order valence-corrected chi connectivity index (χ1v) is 3.67. The molecule has 5 N–H and O–H groups in total. The molecule has 66 valence electrons. The van der Waals surface area contributed by atoms with Gasteiger partial charge < -0.3 is 16.2 Å². The third-order valence-electron chi connectivity index (χ3n) is 0.674. The van der Waals surface area contributed by atoms with Crippen molar-refractivity contribution >= 4 is 28.9 Å². The van der Waals surface area contributed by atoms with Gasteiger partial charge in [0.2, 0.25) is 0 Å². The minimum atomic E-state index is -0.250. The van der Waals surface area contributed by atoms with Crippen molar-refractivity contribution in [3.63, 3.8) is 0 Å². The Morgan fingerprint density at radius 2 is 2.50 bits per heavy atom. The second-order valence-electron chi connectivity index (χ2n) is 1.48. The van der Waals surface area contributed by atoms with Crippen LogP contribution in [0.4, 0.5) is 5.13 Å². The van der Waals surface area contributed by atoms with Crippen molar-refractivity contribution in [2.24, 2.45) is 5.73 Å². The fourth-order valence-electron chi connectivity index (χ4n) is 0.400. The number of thiazole rings is 1. The largest absolute Gasteiger partial charge is 0.483 e. The highest BCUT2D eigenvalue weighted by Gasteiger charge is 1.91. The Balaban J connectivity index is 0.000000354. The minimum absolute atomic E-state index is 0.0787. The Kier molecular flexibility index (Phi) is 5.28. The van der Waals surface area contributed by atoms with E-state index in [0.717, 1.165) is 0 Å². The van der Waals surface area contributed by atoms with Crippen LogP contribution in [0.2, 0.25) is 0 Å². The van der Waals surface area contributed by atoms with Gasteiger partial charge in [-0.15, -0.1) is 11.3 Å². The lowest BCUT2D eigenvalue weighted by atomic mass is 10.9. The van der Waals surface area contributed by atoms with Gasteiger partial charge in [-0.1, -0.05) is 0 Å². The molecule has 1 rings (SSSR count). The summed E-state index contributed by atoms with van der Waals surface area (Å²) in [5.41, 5.74) is 5.02. The van der Waals surface area contributed by atoms with Crippen LogP contribution in [0.25, 0.3) is 0 Å². The summed E-state index contributed by atoms with van der Waals surface area (Å²) in [5.74, 6) is -0.0787. The molecule has 12 heavy (non-hydrogen) atoms. The van der Waals surface area contributed by atoms with E-state index in [2.05, 4.69) is 10.3 Å². The average Bonchev–Trinajstić information content (AvgIpc) is 2.40. The summed E-state index contributed by atoms with van der Waals surface area (Å²) in [7, 11) is 0. The van der Waals surface area contributed by atoms with Gasteiger partial charge in [0, 0.05) is 11.6 Å². The normalized spacial score (nSPS) is 7.67. The van der Waals surface area contributed by atoms with Crippen molar-refractivity contribution in [2.45, 2.75) is 0 Å². The highest BCUT2D eigenvalue weighted by atomic mass is 32.1. The predicted molar refractivity (Wildman–Crippen MR) is 46.3 cm³/mol. The number of hydrogen-bond acceptors (Lipinski definition) is 4. The maximum Gasteiger partial charge on any atom is 0.290 e. The van der Waals surface area contributed by atoms with Crippen LogP contribution in [0.15, 0.2) is 11.6 Å². The first kappa shape index (κ1) is 10.4. The smallest absolute Gasteiger partial charge is 0.290 e. The van der Waals surface area contributed by atoms with E-state index < -0.39 is 0 Å². The van der Waals surface area contributed by atoms with Crippen LogP contribution in [0, 0.1) is 5.41 Å². The number of guanidine groups is 1. The maximum atomic E-state index is 8.36. The van der Waals surface area contributed by atoms with E-state index in [9.17, 15) is 0 Å². The lowest BCUT2D eigenvalue weighted by Gasteiger charge is -1.94. The molecule has 0 aromatic carbocycles. The Hall–Kier alpha value is -1.63. The van der Waals surface area contributed by atoms with Crippen molar-refractivity contribution in [2.75, 3.05) is 5.32 Å². The molecule has 7 heteroatoms. The van der Waals surface area contributed by atoms with Gasteiger partial charge in [-0.05, 0) is 0 Å². The van der Waals surface area contributed by atoms with Gasteiger partial charge in [0.1, 0.15) is 0 Å². The zero-order valence-corrected chi connectivity index (χ0v) is 6.84. The highest BCUT2D eigenvalue weighted by molar-refractivity contribution is 7.13. The molecule has 6 nitrogen and oxygen atoms in total. The number of aromatic nitrogens is 1. The third kappa shape index (κ3) is 5.18. The summed E-state index contributed by atoms with van der Waals surface area (Å²) >= 11 is 1.41. The number of nitrogens with one attached hydrogen (secondary N) is 2. The summed E-state index contributed by atoms with van der Waals surface area (Å²) in [6.07, 6.45) is 1.65. The molecule has 0 aliphatic carbocycles. The van der Waals surface area contributed by atoms with Crippen LogP contribution < -0.4 is 11.1 Å². The average molecular weight is 188 g/mol. The Labute approximate surface area is 72.6 Å². The van der Waals surface area contributed by atoms with Gasteiger partial charge in [0.25, 0.3) is 6.47 Å². The predicted octanol–water partition coefficient (Wildman–Crippen LogP) is 0.149. The molecule has 0 amide bonds. The fourth-order valence-corrected chi connectivity index (χ4v) is 0.942. The van der Waals surface area contributed by atoms with Crippen LogP contribution in [0.5, 0.6) is 0 Å². The third-order valence-corrected chi connectivity index (χ3v) is 1.36. The fraction of sp³-hybridized carbons (Fsp3) is 0. The van der Waals surface area contributed by atoms with Crippen molar-refractivity contribution in [3.05, 3.63) is 11.6 Å². The molecule has 0 atom stereocenters. The SMILES string of the molecule is N=C(N)Nc1nccs1.O=CO. The molecular formula is C5H8N4O2S. The van der Waals surface area contributed by atoms with Gasteiger partial charge >= 0.3 is 0 Å². The summed E-state index contributed by atoms with van der Waals surface area (Å²) in [6, 6.07) is 0. The molecule has 0 saturated heterocycles. The van der Waals surface area contributed by atoms with Crippen LogP contribution in [-0.2, 0) is 4.79 Å². The highest BCUT2D eigenvalue weighted by Crippen LogP contribution is 2.08. The molecule has 0 saturated carbocycles. The van der Waals surface area contributed by atoms with E-state index in [1.54, 1.807) is 6.20 Å².